The molecule has 3 nitrogen and oxygen atoms in total. The van der Waals surface area contributed by atoms with Crippen molar-refractivity contribution in [3.8, 4) is 22.4 Å². The molecule has 3 aromatic rings. The van der Waals surface area contributed by atoms with Gasteiger partial charge in [0.2, 0.25) is 0 Å². The van der Waals surface area contributed by atoms with Crippen LogP contribution in [0.5, 0.6) is 0 Å². The van der Waals surface area contributed by atoms with Crippen LogP contribution in [0.25, 0.3) is 22.4 Å². The first-order valence-electron chi connectivity index (χ1n) is 6.01. The summed E-state index contributed by atoms with van der Waals surface area (Å²) in [6.45, 7) is 0. The Hall–Kier alpha value is -1.78. The van der Waals surface area contributed by atoms with Gasteiger partial charge in [0.05, 0.1) is 11.3 Å². The molecule has 3 rings (SSSR count). The standard InChI is InChI=1S/C15H11BrClN3/c16-11-6-10(7-12(17)8-11)14-13(15(18)20-19-14)9-4-2-1-3-5-9/h1-8H,(H3,18,19,20). The van der Waals surface area contributed by atoms with Gasteiger partial charge in [0.25, 0.3) is 0 Å². The number of hydrogen-bond donors (Lipinski definition) is 2. The van der Waals surface area contributed by atoms with Crippen molar-refractivity contribution in [2.75, 3.05) is 5.73 Å². The first kappa shape index (κ1) is 13.2. The van der Waals surface area contributed by atoms with Crippen molar-refractivity contribution in [1.29, 1.82) is 0 Å². The summed E-state index contributed by atoms with van der Waals surface area (Å²) in [6, 6.07) is 15.6. The fraction of sp³-hybridized carbons (Fsp3) is 0. The Morgan fingerprint density at radius 3 is 2.50 bits per heavy atom. The summed E-state index contributed by atoms with van der Waals surface area (Å²) in [5.74, 6) is 0.474. The van der Waals surface area contributed by atoms with Crippen LogP contribution >= 0.6 is 27.5 Å². The van der Waals surface area contributed by atoms with Gasteiger partial charge in [-0.15, -0.1) is 0 Å². The van der Waals surface area contributed by atoms with Gasteiger partial charge in [0, 0.05) is 15.1 Å². The Morgan fingerprint density at radius 2 is 1.80 bits per heavy atom. The van der Waals surface area contributed by atoms with Gasteiger partial charge in [0.15, 0.2) is 5.82 Å². The molecule has 0 fully saturated rings. The van der Waals surface area contributed by atoms with Crippen LogP contribution in [0.4, 0.5) is 5.82 Å². The molecule has 0 bridgehead atoms. The van der Waals surface area contributed by atoms with Gasteiger partial charge in [-0.3, -0.25) is 5.10 Å². The average Bonchev–Trinajstić information content (AvgIpc) is 2.80. The predicted octanol–water partition coefficient (Wildman–Crippen LogP) is 4.74. The van der Waals surface area contributed by atoms with Gasteiger partial charge in [0.1, 0.15) is 0 Å². The summed E-state index contributed by atoms with van der Waals surface area (Å²) in [6.07, 6.45) is 0. The fourth-order valence-corrected chi connectivity index (χ4v) is 3.02. The molecule has 0 saturated carbocycles. The Kier molecular flexibility index (Phi) is 3.51. The van der Waals surface area contributed by atoms with Crippen LogP contribution in [0.2, 0.25) is 5.02 Å². The molecule has 0 aliphatic heterocycles. The quantitative estimate of drug-likeness (QED) is 0.702. The molecule has 0 saturated heterocycles. The van der Waals surface area contributed by atoms with Crippen LogP contribution < -0.4 is 5.73 Å². The van der Waals surface area contributed by atoms with Crippen LogP contribution in [0, 0.1) is 0 Å². The molecule has 0 atom stereocenters. The van der Waals surface area contributed by atoms with Gasteiger partial charge >= 0.3 is 0 Å². The van der Waals surface area contributed by atoms with E-state index in [1.807, 2.05) is 48.5 Å². The van der Waals surface area contributed by atoms with Crippen molar-refractivity contribution in [3.05, 3.63) is 58.0 Å². The zero-order chi connectivity index (χ0) is 14.1. The van der Waals surface area contributed by atoms with E-state index < -0.39 is 0 Å². The average molecular weight is 349 g/mol. The van der Waals surface area contributed by atoms with E-state index in [0.29, 0.717) is 10.8 Å². The Morgan fingerprint density at radius 1 is 1.05 bits per heavy atom. The molecule has 2 aromatic carbocycles. The Labute approximate surface area is 129 Å². The van der Waals surface area contributed by atoms with E-state index in [1.165, 1.54) is 0 Å². The maximum absolute atomic E-state index is 6.11. The molecule has 3 N–H and O–H groups in total. The lowest BCUT2D eigenvalue weighted by Crippen LogP contribution is -1.88. The van der Waals surface area contributed by atoms with Gasteiger partial charge < -0.3 is 5.73 Å². The Bertz CT molecular complexity index is 733. The van der Waals surface area contributed by atoms with Crippen molar-refractivity contribution >= 4 is 33.3 Å². The molecule has 0 spiro atoms. The van der Waals surface area contributed by atoms with Crippen molar-refractivity contribution in [2.24, 2.45) is 0 Å². The van der Waals surface area contributed by atoms with Crippen LogP contribution in [0.1, 0.15) is 0 Å². The molecular weight excluding hydrogens is 338 g/mol. The number of halogens is 2. The molecule has 100 valence electrons. The number of nitrogens with two attached hydrogens (primary N) is 1. The van der Waals surface area contributed by atoms with Crippen molar-refractivity contribution in [3.63, 3.8) is 0 Å². The minimum absolute atomic E-state index is 0.474. The highest BCUT2D eigenvalue weighted by molar-refractivity contribution is 9.10. The number of aromatic amines is 1. The van der Waals surface area contributed by atoms with E-state index in [0.717, 1.165) is 26.9 Å². The lowest BCUT2D eigenvalue weighted by atomic mass is 10.0. The zero-order valence-corrected chi connectivity index (χ0v) is 12.7. The number of H-pyrrole nitrogens is 1. The van der Waals surface area contributed by atoms with Gasteiger partial charge in [-0.1, -0.05) is 57.9 Å². The minimum atomic E-state index is 0.474. The molecule has 0 unspecified atom stereocenters. The van der Waals surface area contributed by atoms with E-state index in [1.54, 1.807) is 0 Å². The SMILES string of the molecule is Nc1n[nH]c(-c2cc(Cl)cc(Br)c2)c1-c1ccccc1. The smallest absolute Gasteiger partial charge is 0.153 e. The number of rotatable bonds is 2. The van der Waals surface area contributed by atoms with E-state index in [-0.39, 0.29) is 0 Å². The maximum Gasteiger partial charge on any atom is 0.153 e. The molecule has 1 heterocycles. The molecule has 0 radical (unpaired) electrons. The molecule has 0 amide bonds. The second-order valence-electron chi connectivity index (χ2n) is 4.38. The van der Waals surface area contributed by atoms with Gasteiger partial charge in [-0.25, -0.2) is 0 Å². The number of nitrogens with zero attached hydrogens (tertiary/aromatic N) is 1. The topological polar surface area (TPSA) is 54.7 Å². The third-order valence-electron chi connectivity index (χ3n) is 3.01. The number of nitrogens with one attached hydrogen (secondary N) is 1. The molecule has 1 aromatic heterocycles. The largest absolute Gasteiger partial charge is 0.382 e. The van der Waals surface area contributed by atoms with Crippen molar-refractivity contribution in [2.45, 2.75) is 0 Å². The molecule has 5 heteroatoms. The van der Waals surface area contributed by atoms with E-state index in [2.05, 4.69) is 26.1 Å². The van der Waals surface area contributed by atoms with Crippen LogP contribution in [-0.2, 0) is 0 Å². The summed E-state index contributed by atoms with van der Waals surface area (Å²) >= 11 is 9.56. The summed E-state index contributed by atoms with van der Waals surface area (Å²) in [7, 11) is 0. The lowest BCUT2D eigenvalue weighted by molar-refractivity contribution is 1.10. The van der Waals surface area contributed by atoms with Crippen LogP contribution in [0.3, 0.4) is 0 Å². The first-order valence-corrected chi connectivity index (χ1v) is 7.18. The summed E-state index contributed by atoms with van der Waals surface area (Å²) < 4.78 is 0.909. The van der Waals surface area contributed by atoms with E-state index >= 15 is 0 Å². The second kappa shape index (κ2) is 5.31. The van der Waals surface area contributed by atoms with Crippen LogP contribution in [-0.4, -0.2) is 10.2 Å². The first-order chi connectivity index (χ1) is 9.65. The normalized spacial score (nSPS) is 10.7. The maximum atomic E-state index is 6.11. The number of anilines is 1. The summed E-state index contributed by atoms with van der Waals surface area (Å²) in [5, 5.41) is 7.77. The van der Waals surface area contributed by atoms with Crippen molar-refractivity contribution in [1.82, 2.24) is 10.2 Å². The number of hydrogen-bond acceptors (Lipinski definition) is 2. The highest BCUT2D eigenvalue weighted by Crippen LogP contribution is 2.36. The molecule has 20 heavy (non-hydrogen) atoms. The van der Waals surface area contributed by atoms with E-state index in [4.69, 9.17) is 17.3 Å². The lowest BCUT2D eigenvalue weighted by Gasteiger charge is -2.06. The van der Waals surface area contributed by atoms with Crippen LogP contribution in [0.15, 0.2) is 53.0 Å². The monoisotopic (exact) mass is 347 g/mol. The van der Waals surface area contributed by atoms with Gasteiger partial charge in [-0.2, -0.15) is 5.10 Å². The molecular formula is C15H11BrClN3. The molecule has 0 aliphatic rings. The van der Waals surface area contributed by atoms with E-state index in [9.17, 15) is 0 Å². The fourth-order valence-electron chi connectivity index (χ4n) is 2.16. The predicted molar refractivity (Wildman–Crippen MR) is 86.6 cm³/mol. The number of aromatic nitrogens is 2. The summed E-state index contributed by atoms with van der Waals surface area (Å²) in [4.78, 5) is 0. The third-order valence-corrected chi connectivity index (χ3v) is 3.68. The molecule has 0 aliphatic carbocycles. The minimum Gasteiger partial charge on any atom is -0.382 e. The summed E-state index contributed by atoms with van der Waals surface area (Å²) in [5.41, 5.74) is 9.70. The highest BCUT2D eigenvalue weighted by atomic mass is 79.9. The third kappa shape index (κ3) is 2.44. The second-order valence-corrected chi connectivity index (χ2v) is 5.74. The highest BCUT2D eigenvalue weighted by Gasteiger charge is 2.15. The number of benzene rings is 2. The number of nitrogen functional groups attached to an aromatic ring is 1. The van der Waals surface area contributed by atoms with Gasteiger partial charge in [-0.05, 0) is 23.8 Å². The van der Waals surface area contributed by atoms with Crippen molar-refractivity contribution < 1.29 is 0 Å². The Balaban J connectivity index is 2.21. The zero-order valence-electron chi connectivity index (χ0n) is 10.4.